The van der Waals surface area contributed by atoms with E-state index >= 15 is 0 Å². The normalized spacial score (nSPS) is 14.9. The molecule has 3 aromatic carbocycles. The SMILES string of the molecule is C[C@@H]1Oc2ccccc2N(CC(=O)Nc2ccc3nc(NC(=O)c4ccccc4)sc3c2)C1=O. The largest absolute Gasteiger partial charge is 0.479 e. The van der Waals surface area contributed by atoms with Gasteiger partial charge in [0.25, 0.3) is 11.8 Å². The van der Waals surface area contributed by atoms with Crippen molar-refractivity contribution in [2.75, 3.05) is 22.1 Å². The number of hydrogen-bond donors (Lipinski definition) is 2. The number of rotatable bonds is 5. The van der Waals surface area contributed by atoms with Gasteiger partial charge in [-0.3, -0.25) is 24.6 Å². The van der Waals surface area contributed by atoms with Crippen molar-refractivity contribution in [3.05, 3.63) is 78.4 Å². The van der Waals surface area contributed by atoms with E-state index in [1.54, 1.807) is 67.6 Å². The van der Waals surface area contributed by atoms with E-state index < -0.39 is 6.10 Å². The standard InChI is InChI=1S/C25H20N4O4S/c1-15-24(32)29(19-9-5-6-10-20(19)33-15)14-22(30)26-17-11-12-18-21(13-17)34-25(27-18)28-23(31)16-7-3-2-4-8-16/h2-13,15H,14H2,1H3,(H,26,30)(H,27,28,31)/t15-/m0/s1. The lowest BCUT2D eigenvalue weighted by atomic mass is 10.2. The first-order valence-corrected chi connectivity index (χ1v) is 11.4. The second kappa shape index (κ2) is 8.95. The zero-order valence-electron chi connectivity index (χ0n) is 18.1. The van der Waals surface area contributed by atoms with Crippen LogP contribution in [0.5, 0.6) is 5.75 Å². The topological polar surface area (TPSA) is 101 Å². The van der Waals surface area contributed by atoms with Crippen molar-refractivity contribution in [3.63, 3.8) is 0 Å². The number of nitrogens with zero attached hydrogens (tertiary/aromatic N) is 2. The van der Waals surface area contributed by atoms with E-state index in [9.17, 15) is 14.4 Å². The summed E-state index contributed by atoms with van der Waals surface area (Å²) in [5, 5.41) is 6.12. The van der Waals surface area contributed by atoms with Gasteiger partial charge in [-0.05, 0) is 49.4 Å². The minimum Gasteiger partial charge on any atom is -0.479 e. The van der Waals surface area contributed by atoms with Gasteiger partial charge in [0.1, 0.15) is 12.3 Å². The number of nitrogens with one attached hydrogen (secondary N) is 2. The number of fused-ring (bicyclic) bond motifs is 2. The minimum atomic E-state index is -0.666. The molecule has 0 fully saturated rings. The van der Waals surface area contributed by atoms with E-state index in [0.29, 0.717) is 33.3 Å². The van der Waals surface area contributed by atoms with Gasteiger partial charge in [0.05, 0.1) is 15.9 Å². The fourth-order valence-electron chi connectivity index (χ4n) is 3.68. The first-order chi connectivity index (χ1) is 16.5. The van der Waals surface area contributed by atoms with Crippen LogP contribution >= 0.6 is 11.3 Å². The summed E-state index contributed by atoms with van der Waals surface area (Å²) in [6, 6.07) is 21.3. The van der Waals surface area contributed by atoms with E-state index in [1.165, 1.54) is 16.2 Å². The smallest absolute Gasteiger partial charge is 0.268 e. The Bertz CT molecular complexity index is 1400. The van der Waals surface area contributed by atoms with Crippen LogP contribution in [0.4, 0.5) is 16.5 Å². The molecule has 0 unspecified atom stereocenters. The first kappa shape index (κ1) is 21.6. The maximum Gasteiger partial charge on any atom is 0.268 e. The Labute approximate surface area is 199 Å². The van der Waals surface area contributed by atoms with E-state index in [-0.39, 0.29) is 24.3 Å². The highest BCUT2D eigenvalue weighted by molar-refractivity contribution is 7.22. The maximum absolute atomic E-state index is 12.8. The number of aromatic nitrogens is 1. The van der Waals surface area contributed by atoms with Crippen molar-refractivity contribution in [1.29, 1.82) is 0 Å². The lowest BCUT2D eigenvalue weighted by molar-refractivity contribution is -0.127. The van der Waals surface area contributed by atoms with E-state index in [4.69, 9.17) is 4.74 Å². The zero-order valence-corrected chi connectivity index (χ0v) is 19.0. The molecule has 2 heterocycles. The average Bonchev–Trinajstić information content (AvgIpc) is 3.24. The van der Waals surface area contributed by atoms with Crippen LogP contribution in [0.15, 0.2) is 72.8 Å². The number of thiazole rings is 1. The molecule has 8 nitrogen and oxygen atoms in total. The third-order valence-corrected chi connectivity index (χ3v) is 6.24. The summed E-state index contributed by atoms with van der Waals surface area (Å²) in [4.78, 5) is 43.7. The number of ether oxygens (including phenoxy) is 1. The van der Waals surface area contributed by atoms with Crippen LogP contribution in [0.25, 0.3) is 10.2 Å². The molecule has 0 radical (unpaired) electrons. The molecule has 5 rings (SSSR count). The quantitative estimate of drug-likeness (QED) is 0.451. The van der Waals surface area contributed by atoms with Gasteiger partial charge in [-0.15, -0.1) is 0 Å². The summed E-state index contributed by atoms with van der Waals surface area (Å²) in [6.45, 7) is 1.53. The van der Waals surface area contributed by atoms with Crippen LogP contribution in [-0.4, -0.2) is 35.4 Å². The Hall–Kier alpha value is -4.24. The van der Waals surface area contributed by atoms with Crippen LogP contribution in [0.3, 0.4) is 0 Å². The van der Waals surface area contributed by atoms with Crippen molar-refractivity contribution >= 4 is 55.8 Å². The number of para-hydroxylation sites is 2. The third kappa shape index (κ3) is 4.33. The number of anilines is 3. The van der Waals surface area contributed by atoms with Gasteiger partial charge in [-0.1, -0.05) is 41.7 Å². The highest BCUT2D eigenvalue weighted by Crippen LogP contribution is 2.33. The number of hydrogen-bond acceptors (Lipinski definition) is 6. The van der Waals surface area contributed by atoms with Crippen molar-refractivity contribution in [3.8, 4) is 5.75 Å². The summed E-state index contributed by atoms with van der Waals surface area (Å²) in [7, 11) is 0. The summed E-state index contributed by atoms with van der Waals surface area (Å²) in [5.41, 5.74) is 2.39. The number of amides is 3. The predicted molar refractivity (Wildman–Crippen MR) is 132 cm³/mol. The van der Waals surface area contributed by atoms with Gasteiger partial charge < -0.3 is 10.1 Å². The Morgan fingerprint density at radius 2 is 1.79 bits per heavy atom. The van der Waals surface area contributed by atoms with Crippen LogP contribution in [0.2, 0.25) is 0 Å². The number of benzene rings is 3. The first-order valence-electron chi connectivity index (χ1n) is 10.6. The Kier molecular flexibility index (Phi) is 5.69. The monoisotopic (exact) mass is 472 g/mol. The maximum atomic E-state index is 12.8. The Morgan fingerprint density at radius 1 is 1.03 bits per heavy atom. The van der Waals surface area contributed by atoms with Crippen LogP contribution < -0.4 is 20.3 Å². The summed E-state index contributed by atoms with van der Waals surface area (Å²) >= 11 is 1.31. The fourth-order valence-corrected chi connectivity index (χ4v) is 4.58. The molecule has 3 amide bonds. The third-order valence-electron chi connectivity index (χ3n) is 5.30. The molecule has 0 bridgehead atoms. The molecule has 0 saturated heterocycles. The highest BCUT2D eigenvalue weighted by atomic mass is 32.1. The number of carbonyl (C=O) groups excluding carboxylic acids is 3. The molecule has 170 valence electrons. The summed E-state index contributed by atoms with van der Waals surface area (Å²) in [6.07, 6.45) is -0.666. The van der Waals surface area contributed by atoms with E-state index in [1.807, 2.05) is 12.1 Å². The van der Waals surface area contributed by atoms with Gasteiger partial charge in [0.2, 0.25) is 5.91 Å². The lowest BCUT2D eigenvalue weighted by Gasteiger charge is -2.32. The van der Waals surface area contributed by atoms with Gasteiger partial charge in [-0.2, -0.15) is 0 Å². The molecule has 34 heavy (non-hydrogen) atoms. The molecular weight excluding hydrogens is 452 g/mol. The predicted octanol–water partition coefficient (Wildman–Crippen LogP) is 4.30. The van der Waals surface area contributed by atoms with E-state index in [2.05, 4.69) is 15.6 Å². The molecule has 1 aliphatic heterocycles. The molecular formula is C25H20N4O4S. The Balaban J connectivity index is 1.29. The molecule has 4 aromatic rings. The number of carbonyl (C=O) groups is 3. The van der Waals surface area contributed by atoms with Crippen LogP contribution in [-0.2, 0) is 9.59 Å². The molecule has 1 atom stereocenters. The lowest BCUT2D eigenvalue weighted by Crippen LogP contribution is -2.47. The molecule has 2 N–H and O–H groups in total. The van der Waals surface area contributed by atoms with Gasteiger partial charge >= 0.3 is 0 Å². The summed E-state index contributed by atoms with van der Waals surface area (Å²) < 4.78 is 6.43. The Morgan fingerprint density at radius 3 is 2.62 bits per heavy atom. The second-order valence-corrected chi connectivity index (χ2v) is 8.75. The van der Waals surface area contributed by atoms with Crippen molar-refractivity contribution < 1.29 is 19.1 Å². The second-order valence-electron chi connectivity index (χ2n) is 7.72. The molecule has 0 aliphatic carbocycles. The molecule has 1 aliphatic rings. The van der Waals surface area contributed by atoms with Crippen molar-refractivity contribution in [2.24, 2.45) is 0 Å². The molecule has 9 heteroatoms. The molecule has 1 aromatic heterocycles. The zero-order chi connectivity index (χ0) is 23.7. The van der Waals surface area contributed by atoms with Crippen LogP contribution in [0, 0.1) is 0 Å². The summed E-state index contributed by atoms with van der Waals surface area (Å²) in [5.74, 6) is -0.277. The highest BCUT2D eigenvalue weighted by Gasteiger charge is 2.32. The van der Waals surface area contributed by atoms with Gasteiger partial charge in [0, 0.05) is 11.3 Å². The van der Waals surface area contributed by atoms with E-state index in [0.717, 1.165) is 4.70 Å². The van der Waals surface area contributed by atoms with Crippen molar-refractivity contribution in [1.82, 2.24) is 4.98 Å². The van der Waals surface area contributed by atoms with Crippen molar-refractivity contribution in [2.45, 2.75) is 13.0 Å². The van der Waals surface area contributed by atoms with Crippen LogP contribution in [0.1, 0.15) is 17.3 Å². The fraction of sp³-hybridized carbons (Fsp3) is 0.120. The van der Waals surface area contributed by atoms with Gasteiger partial charge in [-0.25, -0.2) is 4.98 Å². The molecule has 0 saturated carbocycles. The average molecular weight is 473 g/mol. The van der Waals surface area contributed by atoms with Gasteiger partial charge in [0.15, 0.2) is 11.2 Å². The molecule has 0 spiro atoms. The minimum absolute atomic E-state index is 0.136.